The Morgan fingerprint density at radius 1 is 1.14 bits per heavy atom. The van der Waals surface area contributed by atoms with E-state index in [1.807, 2.05) is 19.1 Å². The van der Waals surface area contributed by atoms with Gasteiger partial charge in [-0.1, -0.05) is 0 Å². The molecule has 0 N–H and O–H groups in total. The molecule has 10 heteroatoms. The molecule has 0 aromatic carbocycles. The topological polar surface area (TPSA) is 76.9 Å². The Labute approximate surface area is 178 Å². The lowest BCUT2D eigenvalue weighted by Gasteiger charge is -2.39. The molecule has 146 valence electrons. The first-order chi connectivity index (χ1) is 12.7. The zero-order valence-electron chi connectivity index (χ0n) is 15.2. The summed E-state index contributed by atoms with van der Waals surface area (Å²) in [4.78, 5) is 16.3. The number of ether oxygens (including phenoxy) is 1. The number of hydrogen-bond acceptors (Lipinski definition) is 8. The van der Waals surface area contributed by atoms with E-state index in [9.17, 15) is 0 Å². The second-order valence-corrected chi connectivity index (χ2v) is 7.40. The van der Waals surface area contributed by atoms with E-state index in [0.717, 1.165) is 56.3 Å². The predicted octanol–water partition coefficient (Wildman–Crippen LogP) is 3.76. The van der Waals surface area contributed by atoms with Crippen molar-refractivity contribution in [3.05, 3.63) is 42.1 Å². The number of aryl methyl sites for hydroxylation is 2. The molecule has 1 fully saturated rings. The van der Waals surface area contributed by atoms with Gasteiger partial charge in [-0.15, -0.1) is 41.2 Å². The predicted molar refractivity (Wildman–Crippen MR) is 115 cm³/mol. The van der Waals surface area contributed by atoms with Gasteiger partial charge in [0.25, 0.3) is 0 Å². The van der Waals surface area contributed by atoms with Crippen LogP contribution in [0.5, 0.6) is 5.75 Å². The summed E-state index contributed by atoms with van der Waals surface area (Å²) in [6, 6.07) is 3.80. The van der Waals surface area contributed by atoms with E-state index in [2.05, 4.69) is 37.0 Å². The molecule has 5 rings (SSSR count). The van der Waals surface area contributed by atoms with Gasteiger partial charge in [-0.2, -0.15) is 5.10 Å². The number of halogens is 2. The highest BCUT2D eigenvalue weighted by Crippen LogP contribution is 2.39. The van der Waals surface area contributed by atoms with Crippen LogP contribution in [-0.2, 0) is 0 Å². The van der Waals surface area contributed by atoms with E-state index in [1.54, 1.807) is 30.1 Å². The van der Waals surface area contributed by atoms with E-state index in [1.165, 1.54) is 0 Å². The smallest absolute Gasteiger partial charge is 0.150 e. The molecule has 0 saturated carbocycles. The first-order valence-corrected chi connectivity index (χ1v) is 9.21. The third-order valence-electron chi connectivity index (χ3n) is 4.73. The minimum absolute atomic E-state index is 0. The Hall–Kier alpha value is -2.29. The molecule has 7 nitrogen and oxygen atoms in total. The summed E-state index contributed by atoms with van der Waals surface area (Å²) in [5.41, 5.74) is 3.03. The maximum atomic E-state index is 5.94. The average Bonchev–Trinajstić information content (AvgIpc) is 3.01. The highest BCUT2D eigenvalue weighted by atomic mass is 35.5. The Balaban J connectivity index is 0.00000112. The standard InChI is InChI=1S/C18H16N6OS.2ClH/c1-10-11(2)22-23-18-14(10)15-16(26-18)17(21-9-20-15)24-7-13(8-24)25-12-4-3-5-19-6-12;;/h3-6,9,13H,7-8H2,1-2H3;2*1H. The van der Waals surface area contributed by atoms with Crippen LogP contribution in [-0.4, -0.2) is 44.3 Å². The van der Waals surface area contributed by atoms with E-state index in [-0.39, 0.29) is 30.9 Å². The molecule has 28 heavy (non-hydrogen) atoms. The first-order valence-electron chi connectivity index (χ1n) is 8.39. The van der Waals surface area contributed by atoms with Crippen LogP contribution >= 0.6 is 36.2 Å². The van der Waals surface area contributed by atoms with Gasteiger partial charge in [0.1, 0.15) is 28.8 Å². The summed E-state index contributed by atoms with van der Waals surface area (Å²) in [5.74, 6) is 1.74. The third-order valence-corrected chi connectivity index (χ3v) is 5.79. The molecule has 1 saturated heterocycles. The van der Waals surface area contributed by atoms with Crippen LogP contribution in [0, 0.1) is 13.8 Å². The quantitative estimate of drug-likeness (QED) is 0.483. The van der Waals surface area contributed by atoms with Gasteiger partial charge in [0, 0.05) is 11.6 Å². The number of rotatable bonds is 3. The number of pyridine rings is 1. The largest absolute Gasteiger partial charge is 0.485 e. The van der Waals surface area contributed by atoms with Gasteiger partial charge in [0.05, 0.1) is 35.2 Å². The fourth-order valence-electron chi connectivity index (χ4n) is 3.19. The number of anilines is 1. The molecular formula is C18H18Cl2N6OS. The van der Waals surface area contributed by atoms with Crippen molar-refractivity contribution in [1.29, 1.82) is 0 Å². The summed E-state index contributed by atoms with van der Waals surface area (Å²) < 4.78 is 7.00. The minimum Gasteiger partial charge on any atom is -0.485 e. The van der Waals surface area contributed by atoms with Gasteiger partial charge in [0.15, 0.2) is 0 Å². The van der Waals surface area contributed by atoms with Gasteiger partial charge >= 0.3 is 0 Å². The lowest BCUT2D eigenvalue weighted by Crippen LogP contribution is -2.54. The van der Waals surface area contributed by atoms with Crippen molar-refractivity contribution >= 4 is 62.4 Å². The molecule has 4 aromatic rings. The molecule has 0 amide bonds. The minimum atomic E-state index is 0. The number of aromatic nitrogens is 5. The Morgan fingerprint density at radius 3 is 2.71 bits per heavy atom. The SMILES string of the molecule is Cc1nnc2sc3c(N4CC(Oc5cccnc5)C4)ncnc3c2c1C.Cl.Cl. The van der Waals surface area contributed by atoms with Crippen LogP contribution in [0.25, 0.3) is 20.4 Å². The second-order valence-electron chi connectivity index (χ2n) is 6.40. The Bertz CT molecular complexity index is 1120. The number of nitrogens with zero attached hydrogens (tertiary/aromatic N) is 6. The molecule has 0 atom stereocenters. The highest BCUT2D eigenvalue weighted by Gasteiger charge is 2.31. The number of fused-ring (bicyclic) bond motifs is 3. The molecular weight excluding hydrogens is 419 g/mol. The monoisotopic (exact) mass is 436 g/mol. The fourth-order valence-corrected chi connectivity index (χ4v) is 4.34. The van der Waals surface area contributed by atoms with Crippen molar-refractivity contribution < 1.29 is 4.74 Å². The molecule has 0 unspecified atom stereocenters. The summed E-state index contributed by atoms with van der Waals surface area (Å²) in [6.45, 7) is 5.63. The molecule has 4 aromatic heterocycles. The maximum Gasteiger partial charge on any atom is 0.150 e. The molecule has 1 aliphatic rings. The highest BCUT2D eigenvalue weighted by molar-refractivity contribution is 7.26. The van der Waals surface area contributed by atoms with Crippen molar-refractivity contribution in [3.63, 3.8) is 0 Å². The van der Waals surface area contributed by atoms with Crippen molar-refractivity contribution in [2.75, 3.05) is 18.0 Å². The second kappa shape index (κ2) is 7.98. The van der Waals surface area contributed by atoms with E-state index >= 15 is 0 Å². The van der Waals surface area contributed by atoms with Crippen LogP contribution < -0.4 is 9.64 Å². The average molecular weight is 437 g/mol. The van der Waals surface area contributed by atoms with Crippen LogP contribution in [0.3, 0.4) is 0 Å². The first kappa shape index (κ1) is 20.4. The molecule has 1 aliphatic heterocycles. The zero-order chi connectivity index (χ0) is 17.7. The molecule has 0 bridgehead atoms. The van der Waals surface area contributed by atoms with Crippen molar-refractivity contribution in [2.24, 2.45) is 0 Å². The van der Waals surface area contributed by atoms with Crippen LogP contribution in [0.15, 0.2) is 30.9 Å². The third kappa shape index (κ3) is 3.32. The summed E-state index contributed by atoms with van der Waals surface area (Å²) >= 11 is 1.60. The van der Waals surface area contributed by atoms with E-state index < -0.39 is 0 Å². The van der Waals surface area contributed by atoms with Gasteiger partial charge in [-0.05, 0) is 31.5 Å². The Morgan fingerprint density at radius 2 is 1.96 bits per heavy atom. The molecule has 0 aliphatic carbocycles. The van der Waals surface area contributed by atoms with E-state index in [0.29, 0.717) is 0 Å². The normalized spacial score (nSPS) is 13.7. The van der Waals surface area contributed by atoms with Gasteiger partial charge in [0.2, 0.25) is 0 Å². The molecule has 0 radical (unpaired) electrons. The molecule has 0 spiro atoms. The van der Waals surface area contributed by atoms with Crippen molar-refractivity contribution in [1.82, 2.24) is 25.1 Å². The van der Waals surface area contributed by atoms with E-state index in [4.69, 9.17) is 4.74 Å². The van der Waals surface area contributed by atoms with Crippen molar-refractivity contribution in [2.45, 2.75) is 20.0 Å². The summed E-state index contributed by atoms with van der Waals surface area (Å²) in [6.07, 6.45) is 5.25. The lowest BCUT2D eigenvalue weighted by atomic mass is 10.1. The van der Waals surface area contributed by atoms with Gasteiger partial charge < -0.3 is 9.64 Å². The van der Waals surface area contributed by atoms with Crippen LogP contribution in [0.2, 0.25) is 0 Å². The molecule has 5 heterocycles. The van der Waals surface area contributed by atoms with Crippen LogP contribution in [0.4, 0.5) is 5.82 Å². The fraction of sp³-hybridized carbons (Fsp3) is 0.278. The Kier molecular flexibility index (Phi) is 5.83. The van der Waals surface area contributed by atoms with Gasteiger partial charge in [-0.25, -0.2) is 9.97 Å². The van der Waals surface area contributed by atoms with Crippen molar-refractivity contribution in [3.8, 4) is 5.75 Å². The zero-order valence-corrected chi connectivity index (χ0v) is 17.6. The summed E-state index contributed by atoms with van der Waals surface area (Å²) in [5, 5.41) is 9.67. The summed E-state index contributed by atoms with van der Waals surface area (Å²) in [7, 11) is 0. The van der Waals surface area contributed by atoms with Gasteiger partial charge in [-0.3, -0.25) is 4.98 Å². The number of hydrogen-bond donors (Lipinski definition) is 0. The number of thiophene rings is 1. The maximum absolute atomic E-state index is 5.94. The lowest BCUT2D eigenvalue weighted by molar-refractivity contribution is 0.166. The van der Waals surface area contributed by atoms with Crippen LogP contribution in [0.1, 0.15) is 11.3 Å².